The number of fused-ring (bicyclic) bond motifs is 1. The molecule has 19 heavy (non-hydrogen) atoms. The maximum atomic E-state index is 12.0. The van der Waals surface area contributed by atoms with E-state index in [1.165, 1.54) is 36.0 Å². The Bertz CT molecular complexity index is 532. The number of carbonyl (C=O) groups is 1. The quantitative estimate of drug-likeness (QED) is 0.620. The van der Waals surface area contributed by atoms with Crippen LogP contribution in [0, 0.1) is 0 Å². The SMILES string of the molecule is CS(=O)(=O)CCCC(=O)c1cc2c(s1)CCCCC2. The van der Waals surface area contributed by atoms with Crippen molar-refractivity contribution >= 4 is 27.0 Å². The first-order chi connectivity index (χ1) is 8.96. The molecule has 1 aromatic heterocycles. The van der Waals surface area contributed by atoms with Crippen molar-refractivity contribution in [3.8, 4) is 0 Å². The van der Waals surface area contributed by atoms with Gasteiger partial charge in [-0.05, 0) is 43.7 Å². The summed E-state index contributed by atoms with van der Waals surface area (Å²) in [5.41, 5.74) is 1.34. The first-order valence-electron chi connectivity index (χ1n) is 6.78. The van der Waals surface area contributed by atoms with Gasteiger partial charge in [-0.15, -0.1) is 11.3 Å². The third-order valence-corrected chi connectivity index (χ3v) is 5.75. The highest BCUT2D eigenvalue weighted by Gasteiger charge is 2.16. The molecule has 0 amide bonds. The minimum atomic E-state index is -2.96. The van der Waals surface area contributed by atoms with E-state index in [4.69, 9.17) is 0 Å². The Morgan fingerprint density at radius 2 is 2.00 bits per heavy atom. The van der Waals surface area contributed by atoms with Crippen molar-refractivity contribution in [3.05, 3.63) is 21.4 Å². The Morgan fingerprint density at radius 1 is 1.26 bits per heavy atom. The molecule has 0 unspecified atom stereocenters. The van der Waals surface area contributed by atoms with Crippen molar-refractivity contribution < 1.29 is 13.2 Å². The normalized spacial score (nSPS) is 15.8. The Labute approximate surface area is 119 Å². The van der Waals surface area contributed by atoms with Gasteiger partial charge in [-0.25, -0.2) is 8.42 Å². The summed E-state index contributed by atoms with van der Waals surface area (Å²) in [4.78, 5) is 14.2. The number of hydrogen-bond donors (Lipinski definition) is 0. The molecule has 5 heteroatoms. The molecule has 0 saturated heterocycles. The van der Waals surface area contributed by atoms with E-state index in [-0.39, 0.29) is 11.5 Å². The average molecular weight is 300 g/mol. The minimum absolute atomic E-state index is 0.0988. The van der Waals surface area contributed by atoms with Crippen molar-refractivity contribution in [1.29, 1.82) is 0 Å². The maximum absolute atomic E-state index is 12.0. The number of rotatable bonds is 5. The zero-order valence-electron chi connectivity index (χ0n) is 11.3. The van der Waals surface area contributed by atoms with Crippen molar-refractivity contribution in [2.75, 3.05) is 12.0 Å². The fraction of sp³-hybridized carbons (Fsp3) is 0.643. The molecule has 0 spiro atoms. The van der Waals surface area contributed by atoms with Gasteiger partial charge in [0.25, 0.3) is 0 Å². The molecule has 1 aliphatic rings. The smallest absolute Gasteiger partial charge is 0.172 e. The van der Waals surface area contributed by atoms with Gasteiger partial charge in [0.05, 0.1) is 10.6 Å². The molecule has 3 nitrogen and oxygen atoms in total. The van der Waals surface area contributed by atoms with Gasteiger partial charge in [-0.2, -0.15) is 0 Å². The zero-order chi connectivity index (χ0) is 13.9. The van der Waals surface area contributed by atoms with E-state index < -0.39 is 9.84 Å². The number of ketones is 1. The van der Waals surface area contributed by atoms with Gasteiger partial charge >= 0.3 is 0 Å². The van der Waals surface area contributed by atoms with Crippen LogP contribution in [0.15, 0.2) is 6.07 Å². The van der Waals surface area contributed by atoms with Crippen LogP contribution in [-0.4, -0.2) is 26.2 Å². The third kappa shape index (κ3) is 4.42. The predicted octanol–water partition coefficient (Wildman–Crippen LogP) is 3.02. The van der Waals surface area contributed by atoms with E-state index in [0.717, 1.165) is 17.7 Å². The fourth-order valence-electron chi connectivity index (χ4n) is 2.42. The van der Waals surface area contributed by atoms with E-state index in [0.29, 0.717) is 12.8 Å². The number of hydrogen-bond acceptors (Lipinski definition) is 4. The van der Waals surface area contributed by atoms with E-state index in [9.17, 15) is 13.2 Å². The summed E-state index contributed by atoms with van der Waals surface area (Å²) in [6.07, 6.45) is 7.87. The lowest BCUT2D eigenvalue weighted by atomic mass is 10.1. The van der Waals surface area contributed by atoms with Gasteiger partial charge in [0.2, 0.25) is 0 Å². The van der Waals surface area contributed by atoms with Crippen LogP contribution in [0.3, 0.4) is 0 Å². The van der Waals surface area contributed by atoms with Crippen molar-refractivity contribution in [2.24, 2.45) is 0 Å². The Morgan fingerprint density at radius 3 is 2.74 bits per heavy atom. The summed E-state index contributed by atoms with van der Waals surface area (Å²) in [7, 11) is -2.96. The van der Waals surface area contributed by atoms with Gasteiger partial charge in [-0.3, -0.25) is 4.79 Å². The van der Waals surface area contributed by atoms with E-state index in [1.807, 2.05) is 6.07 Å². The molecule has 0 saturated carbocycles. The summed E-state index contributed by atoms with van der Waals surface area (Å²) in [6.45, 7) is 0. The monoisotopic (exact) mass is 300 g/mol. The molecule has 0 bridgehead atoms. The first-order valence-corrected chi connectivity index (χ1v) is 9.66. The topological polar surface area (TPSA) is 51.2 Å². The van der Waals surface area contributed by atoms with E-state index in [1.54, 1.807) is 11.3 Å². The minimum Gasteiger partial charge on any atom is -0.293 e. The second kappa shape index (κ2) is 6.18. The maximum Gasteiger partial charge on any atom is 0.172 e. The van der Waals surface area contributed by atoms with Crippen LogP contribution < -0.4 is 0 Å². The number of Topliss-reactive ketones (excluding diaryl/α,β-unsaturated/α-hetero) is 1. The molecule has 2 rings (SSSR count). The molecule has 0 fully saturated rings. The average Bonchev–Trinajstić information content (AvgIpc) is 2.59. The summed E-state index contributed by atoms with van der Waals surface area (Å²) >= 11 is 1.62. The largest absolute Gasteiger partial charge is 0.293 e. The summed E-state index contributed by atoms with van der Waals surface area (Å²) < 4.78 is 22.1. The van der Waals surface area contributed by atoms with Crippen molar-refractivity contribution in [3.63, 3.8) is 0 Å². The predicted molar refractivity (Wildman–Crippen MR) is 78.9 cm³/mol. The second-order valence-electron chi connectivity index (χ2n) is 5.28. The van der Waals surface area contributed by atoms with Crippen LogP contribution in [0.5, 0.6) is 0 Å². The standard InChI is InChI=1S/C14H20O3S2/c1-19(16,17)9-5-7-12(15)14-10-11-6-3-2-4-8-13(11)18-14/h10H,2-9H2,1H3. The lowest BCUT2D eigenvalue weighted by Crippen LogP contribution is -2.05. The lowest BCUT2D eigenvalue weighted by Gasteiger charge is -1.98. The molecular formula is C14H20O3S2. The molecule has 0 radical (unpaired) electrons. The van der Waals surface area contributed by atoms with Crippen LogP contribution in [0.25, 0.3) is 0 Å². The van der Waals surface area contributed by atoms with E-state index >= 15 is 0 Å². The highest BCUT2D eigenvalue weighted by molar-refractivity contribution is 7.90. The van der Waals surface area contributed by atoms with E-state index in [2.05, 4.69) is 0 Å². The fourth-order valence-corrected chi connectivity index (χ4v) is 4.31. The van der Waals surface area contributed by atoms with Gasteiger partial charge in [0.15, 0.2) is 5.78 Å². The summed E-state index contributed by atoms with van der Waals surface area (Å²) in [6, 6.07) is 2.04. The van der Waals surface area contributed by atoms with Crippen molar-refractivity contribution in [2.45, 2.75) is 44.9 Å². The van der Waals surface area contributed by atoms with Crippen LogP contribution in [0.2, 0.25) is 0 Å². The lowest BCUT2D eigenvalue weighted by molar-refractivity contribution is 0.0986. The number of carbonyl (C=O) groups excluding carboxylic acids is 1. The van der Waals surface area contributed by atoms with Gasteiger partial charge < -0.3 is 0 Å². The second-order valence-corrected chi connectivity index (χ2v) is 8.67. The molecule has 0 N–H and O–H groups in total. The first kappa shape index (κ1) is 14.7. The molecular weight excluding hydrogens is 280 g/mol. The molecule has 0 aliphatic heterocycles. The number of aryl methyl sites for hydroxylation is 2. The Hall–Kier alpha value is -0.680. The van der Waals surface area contributed by atoms with Gasteiger partial charge in [-0.1, -0.05) is 6.42 Å². The molecule has 106 valence electrons. The third-order valence-electron chi connectivity index (χ3n) is 3.44. The van der Waals surface area contributed by atoms with Crippen LogP contribution >= 0.6 is 11.3 Å². The number of sulfone groups is 1. The zero-order valence-corrected chi connectivity index (χ0v) is 12.9. The van der Waals surface area contributed by atoms with Crippen LogP contribution in [0.1, 0.15) is 52.2 Å². The Kier molecular flexibility index (Phi) is 4.79. The molecule has 0 aromatic carbocycles. The Balaban J connectivity index is 1.96. The molecule has 0 atom stereocenters. The summed E-state index contributed by atoms with van der Waals surface area (Å²) in [5, 5.41) is 0. The number of thiophene rings is 1. The van der Waals surface area contributed by atoms with Crippen LogP contribution in [-0.2, 0) is 22.7 Å². The van der Waals surface area contributed by atoms with Gasteiger partial charge in [0, 0.05) is 17.6 Å². The molecule has 1 aliphatic carbocycles. The van der Waals surface area contributed by atoms with Crippen LogP contribution in [0.4, 0.5) is 0 Å². The van der Waals surface area contributed by atoms with Gasteiger partial charge in [0.1, 0.15) is 9.84 Å². The van der Waals surface area contributed by atoms with Crippen molar-refractivity contribution in [1.82, 2.24) is 0 Å². The highest BCUT2D eigenvalue weighted by atomic mass is 32.2. The molecule has 1 aromatic rings. The highest BCUT2D eigenvalue weighted by Crippen LogP contribution is 2.29. The summed E-state index contributed by atoms with van der Waals surface area (Å²) in [5.74, 6) is 0.200. The molecule has 1 heterocycles.